The van der Waals surface area contributed by atoms with Crippen LogP contribution in [0.2, 0.25) is 0 Å². The quantitative estimate of drug-likeness (QED) is 0.848. The van der Waals surface area contributed by atoms with Crippen LogP contribution in [-0.2, 0) is 11.2 Å². The van der Waals surface area contributed by atoms with Crippen molar-refractivity contribution >= 4 is 5.91 Å². The molecule has 0 spiro atoms. The average Bonchev–Trinajstić information content (AvgIpc) is 2.63. The smallest absolute Gasteiger partial charge is 0.233 e. The lowest BCUT2D eigenvalue weighted by Crippen LogP contribution is -2.44. The molecule has 0 bridgehead atoms. The van der Waals surface area contributed by atoms with Crippen LogP contribution >= 0.6 is 0 Å². The highest BCUT2D eigenvalue weighted by Gasteiger charge is 2.25. The molecule has 1 atom stereocenters. The summed E-state index contributed by atoms with van der Waals surface area (Å²) in [6.45, 7) is 3.33. The van der Waals surface area contributed by atoms with Crippen molar-refractivity contribution in [1.29, 1.82) is 0 Å². The van der Waals surface area contributed by atoms with E-state index in [2.05, 4.69) is 22.3 Å². The number of hydrogen-bond acceptors (Lipinski definition) is 4. The van der Waals surface area contributed by atoms with Crippen LogP contribution in [0, 0.1) is 6.92 Å². The van der Waals surface area contributed by atoms with Gasteiger partial charge >= 0.3 is 0 Å². The van der Waals surface area contributed by atoms with Gasteiger partial charge in [0.1, 0.15) is 6.10 Å². The van der Waals surface area contributed by atoms with Crippen molar-refractivity contribution in [3.8, 4) is 5.88 Å². The van der Waals surface area contributed by atoms with Crippen LogP contribution in [0.25, 0.3) is 0 Å². The number of nitrogens with zero attached hydrogens (tertiary/aromatic N) is 3. The van der Waals surface area contributed by atoms with Crippen molar-refractivity contribution in [3.05, 3.63) is 53.7 Å². The number of carbonyl (C=O) groups excluding carboxylic acids is 1. The molecule has 1 aliphatic rings. The predicted molar refractivity (Wildman–Crippen MR) is 91.8 cm³/mol. The van der Waals surface area contributed by atoms with E-state index in [1.54, 1.807) is 0 Å². The third kappa shape index (κ3) is 4.54. The number of aromatic nitrogens is 2. The summed E-state index contributed by atoms with van der Waals surface area (Å²) in [4.78, 5) is 14.4. The first-order valence-corrected chi connectivity index (χ1v) is 8.49. The Morgan fingerprint density at radius 3 is 2.79 bits per heavy atom. The number of amides is 1. The van der Waals surface area contributed by atoms with Crippen LogP contribution in [-0.4, -0.2) is 40.2 Å². The van der Waals surface area contributed by atoms with E-state index in [0.717, 1.165) is 31.5 Å². The van der Waals surface area contributed by atoms with E-state index in [1.807, 2.05) is 42.2 Å². The van der Waals surface area contributed by atoms with Crippen LogP contribution in [0.15, 0.2) is 42.5 Å². The highest BCUT2D eigenvalue weighted by atomic mass is 16.5. The molecule has 1 fully saturated rings. The van der Waals surface area contributed by atoms with Crippen molar-refractivity contribution in [2.75, 3.05) is 13.1 Å². The first-order chi connectivity index (χ1) is 11.7. The molecule has 3 rings (SSSR count). The number of aryl methyl sites for hydroxylation is 2. The van der Waals surface area contributed by atoms with Gasteiger partial charge in [0.05, 0.1) is 12.2 Å². The van der Waals surface area contributed by atoms with Gasteiger partial charge in [-0.3, -0.25) is 4.79 Å². The van der Waals surface area contributed by atoms with Crippen molar-refractivity contribution in [2.45, 2.75) is 38.7 Å². The zero-order valence-corrected chi connectivity index (χ0v) is 14.0. The predicted octanol–water partition coefficient (Wildman–Crippen LogP) is 2.79. The molecule has 126 valence electrons. The molecular weight excluding hydrogens is 302 g/mol. The molecule has 1 aromatic carbocycles. The summed E-state index contributed by atoms with van der Waals surface area (Å²) in [5.74, 6) is 0.728. The summed E-state index contributed by atoms with van der Waals surface area (Å²) in [5, 5.41) is 8.05. The molecule has 1 unspecified atom stereocenters. The van der Waals surface area contributed by atoms with Crippen molar-refractivity contribution < 1.29 is 9.53 Å². The average molecular weight is 325 g/mol. The molecule has 1 amide bonds. The second kappa shape index (κ2) is 7.90. The van der Waals surface area contributed by atoms with Gasteiger partial charge in [-0.2, -0.15) is 5.10 Å². The zero-order valence-electron chi connectivity index (χ0n) is 14.0. The molecule has 0 radical (unpaired) electrons. The van der Waals surface area contributed by atoms with E-state index in [0.29, 0.717) is 18.8 Å². The Morgan fingerprint density at radius 2 is 2.04 bits per heavy atom. The van der Waals surface area contributed by atoms with Gasteiger partial charge in [0.25, 0.3) is 0 Å². The number of likely N-dealkylation sites (tertiary alicyclic amines) is 1. The van der Waals surface area contributed by atoms with Gasteiger partial charge in [0, 0.05) is 19.0 Å². The SMILES string of the molecule is Cc1ccc(OC2CCCN(C(=O)CCc3ccccc3)C2)nn1. The molecule has 0 saturated carbocycles. The Labute approximate surface area is 142 Å². The number of piperidine rings is 1. The maximum Gasteiger partial charge on any atom is 0.233 e. The standard InChI is InChI=1S/C19H23N3O2/c1-15-9-11-18(21-20-15)24-17-8-5-13-22(14-17)19(23)12-10-16-6-3-2-4-7-16/h2-4,6-7,9,11,17H,5,8,10,12-14H2,1H3. The van der Waals surface area contributed by atoms with E-state index < -0.39 is 0 Å². The number of benzene rings is 1. The molecule has 2 aromatic rings. The molecular formula is C19H23N3O2. The van der Waals surface area contributed by atoms with Gasteiger partial charge in [0.15, 0.2) is 0 Å². The van der Waals surface area contributed by atoms with Crippen LogP contribution in [0.5, 0.6) is 5.88 Å². The Bertz CT molecular complexity index is 658. The fourth-order valence-corrected chi connectivity index (χ4v) is 2.94. The molecule has 1 aromatic heterocycles. The first kappa shape index (κ1) is 16.4. The van der Waals surface area contributed by atoms with Crippen molar-refractivity contribution in [1.82, 2.24) is 15.1 Å². The molecule has 0 aliphatic carbocycles. The van der Waals surface area contributed by atoms with Gasteiger partial charge in [-0.15, -0.1) is 5.10 Å². The minimum atomic E-state index is -0.00330. The molecule has 24 heavy (non-hydrogen) atoms. The summed E-state index contributed by atoms with van der Waals surface area (Å²) in [5.41, 5.74) is 2.06. The van der Waals surface area contributed by atoms with E-state index in [-0.39, 0.29) is 12.0 Å². The van der Waals surface area contributed by atoms with Crippen LogP contribution in [0.4, 0.5) is 0 Å². The maximum absolute atomic E-state index is 12.5. The molecule has 2 heterocycles. The van der Waals surface area contributed by atoms with Crippen LogP contribution in [0.3, 0.4) is 0 Å². The summed E-state index contributed by atoms with van der Waals surface area (Å²) in [6, 6.07) is 13.8. The minimum absolute atomic E-state index is 0.00330. The van der Waals surface area contributed by atoms with Gasteiger partial charge < -0.3 is 9.64 Å². The Balaban J connectivity index is 1.51. The Morgan fingerprint density at radius 1 is 1.21 bits per heavy atom. The number of carbonyl (C=O) groups is 1. The van der Waals surface area contributed by atoms with Gasteiger partial charge in [-0.05, 0) is 37.8 Å². The monoisotopic (exact) mass is 325 g/mol. The fourth-order valence-electron chi connectivity index (χ4n) is 2.94. The van der Waals surface area contributed by atoms with Gasteiger partial charge in [-0.1, -0.05) is 30.3 Å². The number of hydrogen-bond donors (Lipinski definition) is 0. The van der Waals surface area contributed by atoms with E-state index in [4.69, 9.17) is 4.74 Å². The van der Waals surface area contributed by atoms with E-state index in [9.17, 15) is 4.79 Å². The number of ether oxygens (including phenoxy) is 1. The third-order valence-electron chi connectivity index (χ3n) is 4.26. The lowest BCUT2D eigenvalue weighted by molar-refractivity contribution is -0.133. The van der Waals surface area contributed by atoms with Gasteiger partial charge in [0.2, 0.25) is 11.8 Å². The maximum atomic E-state index is 12.5. The second-order valence-corrected chi connectivity index (χ2v) is 6.22. The zero-order chi connectivity index (χ0) is 16.8. The minimum Gasteiger partial charge on any atom is -0.471 e. The molecule has 5 nitrogen and oxygen atoms in total. The summed E-state index contributed by atoms with van der Waals surface area (Å²) >= 11 is 0. The lowest BCUT2D eigenvalue weighted by atomic mass is 10.1. The molecule has 5 heteroatoms. The molecule has 1 saturated heterocycles. The largest absolute Gasteiger partial charge is 0.471 e. The highest BCUT2D eigenvalue weighted by Crippen LogP contribution is 2.17. The fraction of sp³-hybridized carbons (Fsp3) is 0.421. The van der Waals surface area contributed by atoms with Crippen LogP contribution in [0.1, 0.15) is 30.5 Å². The third-order valence-corrected chi connectivity index (χ3v) is 4.26. The van der Waals surface area contributed by atoms with Gasteiger partial charge in [-0.25, -0.2) is 0 Å². The summed E-state index contributed by atoms with van der Waals surface area (Å²) < 4.78 is 5.89. The Hall–Kier alpha value is -2.43. The van der Waals surface area contributed by atoms with E-state index >= 15 is 0 Å². The topological polar surface area (TPSA) is 55.3 Å². The Kier molecular flexibility index (Phi) is 5.41. The van der Waals surface area contributed by atoms with Crippen LogP contribution < -0.4 is 4.74 Å². The molecule has 0 N–H and O–H groups in total. The number of rotatable bonds is 5. The second-order valence-electron chi connectivity index (χ2n) is 6.22. The molecule has 1 aliphatic heterocycles. The van der Waals surface area contributed by atoms with Crippen molar-refractivity contribution in [2.24, 2.45) is 0 Å². The first-order valence-electron chi connectivity index (χ1n) is 8.49. The normalized spacial score (nSPS) is 17.5. The van der Waals surface area contributed by atoms with E-state index in [1.165, 1.54) is 5.56 Å². The van der Waals surface area contributed by atoms with Crippen molar-refractivity contribution in [3.63, 3.8) is 0 Å². The lowest BCUT2D eigenvalue weighted by Gasteiger charge is -2.32. The summed E-state index contributed by atoms with van der Waals surface area (Å²) in [6.07, 6.45) is 3.22. The highest BCUT2D eigenvalue weighted by molar-refractivity contribution is 5.76. The summed E-state index contributed by atoms with van der Waals surface area (Å²) in [7, 11) is 0.